The number of ether oxygens (including phenoxy) is 2. The Balaban J connectivity index is 1.61. The smallest absolute Gasteiger partial charge is 0.341 e. The minimum absolute atomic E-state index is 0.0894. The van der Waals surface area contributed by atoms with Crippen molar-refractivity contribution < 1.29 is 23.5 Å². The molecule has 0 saturated carbocycles. The highest BCUT2D eigenvalue weighted by molar-refractivity contribution is 5.97. The van der Waals surface area contributed by atoms with E-state index in [1.807, 2.05) is 12.1 Å². The fourth-order valence-electron chi connectivity index (χ4n) is 2.80. The average Bonchev–Trinajstić information content (AvgIpc) is 2.73. The van der Waals surface area contributed by atoms with Crippen LogP contribution in [0.5, 0.6) is 0 Å². The second-order valence-corrected chi connectivity index (χ2v) is 6.05. The van der Waals surface area contributed by atoms with E-state index < -0.39 is 24.3 Å². The van der Waals surface area contributed by atoms with Crippen LogP contribution in [0, 0.1) is 17.1 Å². The third kappa shape index (κ3) is 4.64. The van der Waals surface area contributed by atoms with Crippen LogP contribution in [0.3, 0.4) is 0 Å². The van der Waals surface area contributed by atoms with Crippen LogP contribution in [0.1, 0.15) is 15.9 Å². The summed E-state index contributed by atoms with van der Waals surface area (Å²) < 4.78 is 24.1. The number of rotatable bonds is 5. The quantitative estimate of drug-likeness (QED) is 0.797. The molecule has 8 heteroatoms. The van der Waals surface area contributed by atoms with Crippen molar-refractivity contribution in [3.8, 4) is 6.07 Å². The summed E-state index contributed by atoms with van der Waals surface area (Å²) in [5, 5.41) is 11.4. The summed E-state index contributed by atoms with van der Waals surface area (Å²) in [5.41, 5.74) is 1.20. The van der Waals surface area contributed by atoms with Crippen LogP contribution in [0.2, 0.25) is 0 Å². The van der Waals surface area contributed by atoms with Gasteiger partial charge in [-0.3, -0.25) is 4.79 Å². The largest absolute Gasteiger partial charge is 0.452 e. The summed E-state index contributed by atoms with van der Waals surface area (Å²) in [6.07, 6.45) is 0. The van der Waals surface area contributed by atoms with E-state index in [-0.39, 0.29) is 11.1 Å². The van der Waals surface area contributed by atoms with Crippen LogP contribution in [0.25, 0.3) is 0 Å². The first-order valence-electron chi connectivity index (χ1n) is 8.67. The molecule has 2 aromatic carbocycles. The zero-order chi connectivity index (χ0) is 19.9. The van der Waals surface area contributed by atoms with E-state index in [0.717, 1.165) is 17.8 Å². The molecule has 1 aliphatic heterocycles. The number of morpholine rings is 1. The fourth-order valence-corrected chi connectivity index (χ4v) is 2.80. The maximum Gasteiger partial charge on any atom is 0.341 e. The van der Waals surface area contributed by atoms with E-state index in [1.54, 1.807) is 18.2 Å². The average molecular weight is 383 g/mol. The number of esters is 1. The highest BCUT2D eigenvalue weighted by atomic mass is 19.1. The molecule has 0 radical (unpaired) electrons. The van der Waals surface area contributed by atoms with Crippen molar-refractivity contribution in [2.75, 3.05) is 43.1 Å². The normalized spacial score (nSPS) is 13.5. The molecule has 0 aromatic heterocycles. The summed E-state index contributed by atoms with van der Waals surface area (Å²) in [7, 11) is 0. The Hall–Kier alpha value is -3.44. The van der Waals surface area contributed by atoms with Crippen LogP contribution in [-0.2, 0) is 14.3 Å². The Morgan fingerprint density at radius 2 is 1.96 bits per heavy atom. The highest BCUT2D eigenvalue weighted by Gasteiger charge is 2.18. The molecule has 0 bridgehead atoms. The molecule has 0 spiro atoms. The molecule has 1 heterocycles. The molecular weight excluding hydrogens is 365 g/mol. The number of nitrogens with one attached hydrogen (secondary N) is 1. The lowest BCUT2D eigenvalue weighted by Crippen LogP contribution is -2.36. The van der Waals surface area contributed by atoms with Gasteiger partial charge in [0.15, 0.2) is 6.61 Å². The Labute approximate surface area is 161 Å². The Morgan fingerprint density at radius 3 is 2.68 bits per heavy atom. The van der Waals surface area contributed by atoms with Gasteiger partial charge in [0.2, 0.25) is 0 Å². The molecule has 1 saturated heterocycles. The van der Waals surface area contributed by atoms with Crippen molar-refractivity contribution >= 4 is 23.3 Å². The number of anilines is 2. The van der Waals surface area contributed by atoms with E-state index in [1.165, 1.54) is 6.07 Å². The summed E-state index contributed by atoms with van der Waals surface area (Å²) in [4.78, 5) is 26.3. The van der Waals surface area contributed by atoms with Gasteiger partial charge >= 0.3 is 5.97 Å². The SMILES string of the molecule is N#Cc1ccc(C(=O)OCC(=O)Nc2ccccc2N2CCOCC2)c(F)c1. The van der Waals surface area contributed by atoms with Crippen LogP contribution >= 0.6 is 0 Å². The second-order valence-electron chi connectivity index (χ2n) is 6.05. The van der Waals surface area contributed by atoms with Gasteiger partial charge in [0.1, 0.15) is 5.82 Å². The monoisotopic (exact) mass is 383 g/mol. The van der Waals surface area contributed by atoms with Crippen LogP contribution in [0.15, 0.2) is 42.5 Å². The fraction of sp³-hybridized carbons (Fsp3) is 0.250. The summed E-state index contributed by atoms with van der Waals surface area (Å²) in [6.45, 7) is 2.07. The maximum atomic E-state index is 13.8. The first-order valence-corrected chi connectivity index (χ1v) is 8.67. The molecule has 144 valence electrons. The van der Waals surface area contributed by atoms with Crippen molar-refractivity contribution in [2.45, 2.75) is 0 Å². The van der Waals surface area contributed by atoms with E-state index in [9.17, 15) is 14.0 Å². The number of carbonyl (C=O) groups excluding carboxylic acids is 2. The molecular formula is C20H18FN3O4. The van der Waals surface area contributed by atoms with E-state index in [2.05, 4.69) is 10.2 Å². The summed E-state index contributed by atoms with van der Waals surface area (Å²) >= 11 is 0. The van der Waals surface area contributed by atoms with Gasteiger partial charge in [0.05, 0.1) is 41.8 Å². The third-order valence-corrected chi connectivity index (χ3v) is 4.18. The van der Waals surface area contributed by atoms with Crippen molar-refractivity contribution in [3.05, 3.63) is 59.4 Å². The molecule has 0 atom stereocenters. The molecule has 28 heavy (non-hydrogen) atoms. The number of benzene rings is 2. The van der Waals surface area contributed by atoms with Crippen molar-refractivity contribution in [2.24, 2.45) is 0 Å². The van der Waals surface area contributed by atoms with Gasteiger partial charge in [0.25, 0.3) is 5.91 Å². The molecule has 3 rings (SSSR count). The number of carbonyl (C=O) groups is 2. The lowest BCUT2D eigenvalue weighted by atomic mass is 10.1. The third-order valence-electron chi connectivity index (χ3n) is 4.18. The molecule has 0 unspecified atom stereocenters. The number of hydrogen-bond donors (Lipinski definition) is 1. The minimum Gasteiger partial charge on any atom is -0.452 e. The van der Waals surface area contributed by atoms with E-state index in [0.29, 0.717) is 32.0 Å². The second kappa shape index (κ2) is 8.97. The molecule has 1 aliphatic rings. The predicted molar refractivity (Wildman–Crippen MR) is 99.5 cm³/mol. The van der Waals surface area contributed by atoms with Gasteiger partial charge in [-0.2, -0.15) is 5.26 Å². The Bertz CT molecular complexity index is 920. The summed E-state index contributed by atoms with van der Waals surface area (Å²) in [6, 6.07) is 12.5. The molecule has 2 aromatic rings. The summed E-state index contributed by atoms with van der Waals surface area (Å²) in [5.74, 6) is -2.39. The number of hydrogen-bond acceptors (Lipinski definition) is 6. The molecule has 1 N–H and O–H groups in total. The number of nitrogens with zero attached hydrogens (tertiary/aromatic N) is 2. The van der Waals surface area contributed by atoms with Gasteiger partial charge in [-0.05, 0) is 30.3 Å². The standard InChI is InChI=1S/C20H18FN3O4/c21-16-11-14(12-22)5-6-15(16)20(26)28-13-19(25)23-17-3-1-2-4-18(17)24-7-9-27-10-8-24/h1-6,11H,7-10,13H2,(H,23,25). The van der Waals surface area contributed by atoms with Gasteiger partial charge in [-0.15, -0.1) is 0 Å². The number of para-hydroxylation sites is 2. The number of halogens is 1. The van der Waals surface area contributed by atoms with Crippen LogP contribution in [0.4, 0.5) is 15.8 Å². The first-order chi connectivity index (χ1) is 13.6. The molecule has 1 fully saturated rings. The van der Waals surface area contributed by atoms with Gasteiger partial charge in [-0.25, -0.2) is 9.18 Å². The molecule has 7 nitrogen and oxygen atoms in total. The van der Waals surface area contributed by atoms with Crippen molar-refractivity contribution in [3.63, 3.8) is 0 Å². The molecule has 1 amide bonds. The van der Waals surface area contributed by atoms with E-state index >= 15 is 0 Å². The van der Waals surface area contributed by atoms with Gasteiger partial charge < -0.3 is 19.7 Å². The van der Waals surface area contributed by atoms with Crippen molar-refractivity contribution in [1.82, 2.24) is 0 Å². The number of amides is 1. The van der Waals surface area contributed by atoms with E-state index in [4.69, 9.17) is 14.7 Å². The first kappa shape index (κ1) is 19.3. The topological polar surface area (TPSA) is 91.7 Å². The van der Waals surface area contributed by atoms with Gasteiger partial charge in [0, 0.05) is 13.1 Å². The predicted octanol–water partition coefficient (Wildman–Crippen LogP) is 2.33. The minimum atomic E-state index is -0.974. The Morgan fingerprint density at radius 1 is 1.21 bits per heavy atom. The molecule has 0 aliphatic carbocycles. The van der Waals surface area contributed by atoms with Crippen LogP contribution < -0.4 is 10.2 Å². The van der Waals surface area contributed by atoms with Gasteiger partial charge in [-0.1, -0.05) is 12.1 Å². The van der Waals surface area contributed by atoms with Crippen LogP contribution in [-0.4, -0.2) is 44.8 Å². The lowest BCUT2D eigenvalue weighted by molar-refractivity contribution is -0.119. The van der Waals surface area contributed by atoms with Crippen molar-refractivity contribution in [1.29, 1.82) is 5.26 Å². The highest BCUT2D eigenvalue weighted by Crippen LogP contribution is 2.26. The number of nitriles is 1. The lowest BCUT2D eigenvalue weighted by Gasteiger charge is -2.30. The maximum absolute atomic E-state index is 13.8. The zero-order valence-corrected chi connectivity index (χ0v) is 15.0. The Kier molecular flexibility index (Phi) is 6.19. The zero-order valence-electron chi connectivity index (χ0n) is 15.0.